The third kappa shape index (κ3) is 4.37. The maximum Gasteiger partial charge on any atom is 0.336 e. The lowest BCUT2D eigenvalue weighted by atomic mass is 10.0. The molecule has 1 aromatic carbocycles. The Kier molecular flexibility index (Phi) is 5.51. The van der Waals surface area contributed by atoms with Crippen molar-refractivity contribution >= 4 is 17.6 Å². The van der Waals surface area contributed by atoms with E-state index in [0.717, 1.165) is 5.56 Å². The van der Waals surface area contributed by atoms with Crippen molar-refractivity contribution in [3.05, 3.63) is 28.8 Å². The molecule has 5 nitrogen and oxygen atoms in total. The molecule has 104 valence electrons. The average molecular weight is 265 g/mol. The van der Waals surface area contributed by atoms with E-state index < -0.39 is 5.97 Å². The van der Waals surface area contributed by atoms with Crippen LogP contribution in [0.25, 0.3) is 0 Å². The van der Waals surface area contributed by atoms with Gasteiger partial charge in [-0.25, -0.2) is 4.79 Å². The van der Waals surface area contributed by atoms with E-state index in [9.17, 15) is 9.59 Å². The molecule has 1 aromatic rings. The molecule has 0 aliphatic heterocycles. The Morgan fingerprint density at radius 1 is 1.26 bits per heavy atom. The molecule has 0 bridgehead atoms. The molecule has 1 amide bonds. The topological polar surface area (TPSA) is 75.6 Å². The molecular weight excluding hydrogens is 246 g/mol. The molecule has 0 unspecified atom stereocenters. The molecular formula is C14H19NO4. The van der Waals surface area contributed by atoms with Crippen molar-refractivity contribution in [1.29, 1.82) is 0 Å². The predicted molar refractivity (Wildman–Crippen MR) is 72.6 cm³/mol. The molecule has 0 atom stereocenters. The van der Waals surface area contributed by atoms with Crippen molar-refractivity contribution in [2.75, 3.05) is 18.5 Å². The Morgan fingerprint density at radius 2 is 1.95 bits per heavy atom. The first-order valence-electron chi connectivity index (χ1n) is 6.17. The Balaban J connectivity index is 2.80. The first-order chi connectivity index (χ1) is 8.95. The van der Waals surface area contributed by atoms with Gasteiger partial charge in [-0.3, -0.25) is 4.79 Å². The second-order valence-electron chi connectivity index (χ2n) is 4.28. The van der Waals surface area contributed by atoms with E-state index in [1.807, 2.05) is 13.8 Å². The van der Waals surface area contributed by atoms with Crippen molar-refractivity contribution in [2.24, 2.45) is 0 Å². The largest absolute Gasteiger partial charge is 0.478 e. The van der Waals surface area contributed by atoms with E-state index in [4.69, 9.17) is 9.84 Å². The average Bonchev–Trinajstić information content (AvgIpc) is 2.32. The maximum atomic E-state index is 11.7. The summed E-state index contributed by atoms with van der Waals surface area (Å²) in [6, 6.07) is 3.24. The fraction of sp³-hybridized carbons (Fsp3) is 0.429. The summed E-state index contributed by atoms with van der Waals surface area (Å²) >= 11 is 0. The van der Waals surface area contributed by atoms with E-state index in [1.165, 1.54) is 6.07 Å². The number of anilines is 1. The molecule has 0 spiro atoms. The van der Waals surface area contributed by atoms with Crippen LogP contribution in [0.5, 0.6) is 0 Å². The van der Waals surface area contributed by atoms with Crippen LogP contribution >= 0.6 is 0 Å². The summed E-state index contributed by atoms with van der Waals surface area (Å²) in [7, 11) is 0. The highest BCUT2D eigenvalue weighted by Crippen LogP contribution is 2.21. The Morgan fingerprint density at radius 3 is 2.53 bits per heavy atom. The van der Waals surface area contributed by atoms with Gasteiger partial charge in [0.2, 0.25) is 5.91 Å². The predicted octanol–water partition coefficient (Wildman–Crippen LogP) is 2.37. The standard InChI is InChI=1S/C14H19NO4/c1-4-19-6-5-13(16)15-12-8-11(14(17)18)9(2)7-10(12)3/h7-8H,4-6H2,1-3H3,(H,15,16)(H,17,18). The number of hydrogen-bond acceptors (Lipinski definition) is 3. The zero-order chi connectivity index (χ0) is 14.4. The summed E-state index contributed by atoms with van der Waals surface area (Å²) in [5.41, 5.74) is 2.25. The zero-order valence-electron chi connectivity index (χ0n) is 11.4. The highest BCUT2D eigenvalue weighted by atomic mass is 16.5. The molecule has 0 aliphatic rings. The van der Waals surface area contributed by atoms with Crippen LogP contribution in [-0.4, -0.2) is 30.2 Å². The van der Waals surface area contributed by atoms with Crippen LogP contribution in [0.4, 0.5) is 5.69 Å². The van der Waals surface area contributed by atoms with Gasteiger partial charge < -0.3 is 15.2 Å². The number of aromatic carboxylic acids is 1. The third-order valence-corrected chi connectivity index (χ3v) is 2.75. The molecule has 0 heterocycles. The number of rotatable bonds is 6. The summed E-state index contributed by atoms with van der Waals surface area (Å²) in [5, 5.41) is 11.8. The van der Waals surface area contributed by atoms with Crippen molar-refractivity contribution in [3.63, 3.8) is 0 Å². The minimum absolute atomic E-state index is 0.184. The fourth-order valence-electron chi connectivity index (χ4n) is 1.74. The van der Waals surface area contributed by atoms with Crippen LogP contribution < -0.4 is 5.32 Å². The molecule has 0 aromatic heterocycles. The highest BCUT2D eigenvalue weighted by molar-refractivity contribution is 5.95. The number of nitrogens with one attached hydrogen (secondary N) is 1. The first kappa shape index (κ1) is 15.2. The van der Waals surface area contributed by atoms with Crippen LogP contribution in [0.3, 0.4) is 0 Å². The number of ether oxygens (including phenoxy) is 1. The maximum absolute atomic E-state index is 11.7. The number of carboxylic acids is 1. The number of carbonyl (C=O) groups excluding carboxylic acids is 1. The molecule has 19 heavy (non-hydrogen) atoms. The molecule has 0 radical (unpaired) electrons. The number of hydrogen-bond donors (Lipinski definition) is 2. The molecule has 0 fully saturated rings. The molecule has 0 saturated carbocycles. The Labute approximate surface area is 112 Å². The normalized spacial score (nSPS) is 10.3. The van der Waals surface area contributed by atoms with Gasteiger partial charge in [0.15, 0.2) is 0 Å². The Hall–Kier alpha value is -1.88. The Bertz CT molecular complexity index is 483. The summed E-state index contributed by atoms with van der Waals surface area (Å²) in [4.78, 5) is 22.7. The summed E-state index contributed by atoms with van der Waals surface area (Å²) in [6.07, 6.45) is 0.254. The SMILES string of the molecule is CCOCCC(=O)Nc1cc(C(=O)O)c(C)cc1C. The van der Waals surface area contributed by atoms with Gasteiger partial charge in [-0.1, -0.05) is 6.07 Å². The van der Waals surface area contributed by atoms with E-state index in [-0.39, 0.29) is 17.9 Å². The quantitative estimate of drug-likeness (QED) is 0.774. The zero-order valence-corrected chi connectivity index (χ0v) is 11.4. The van der Waals surface area contributed by atoms with Crippen LogP contribution in [-0.2, 0) is 9.53 Å². The van der Waals surface area contributed by atoms with Crippen molar-refractivity contribution in [3.8, 4) is 0 Å². The highest BCUT2D eigenvalue weighted by Gasteiger charge is 2.12. The van der Waals surface area contributed by atoms with Gasteiger partial charge in [-0.05, 0) is 38.0 Å². The van der Waals surface area contributed by atoms with Gasteiger partial charge in [-0.15, -0.1) is 0 Å². The smallest absolute Gasteiger partial charge is 0.336 e. The van der Waals surface area contributed by atoms with Gasteiger partial charge in [0, 0.05) is 12.3 Å². The lowest BCUT2D eigenvalue weighted by Crippen LogP contribution is -2.15. The van der Waals surface area contributed by atoms with Gasteiger partial charge in [0.1, 0.15) is 0 Å². The van der Waals surface area contributed by atoms with E-state index >= 15 is 0 Å². The number of amides is 1. The van der Waals surface area contributed by atoms with E-state index in [1.54, 1.807) is 13.0 Å². The summed E-state index contributed by atoms with van der Waals surface area (Å²) in [6.45, 7) is 6.36. The van der Waals surface area contributed by atoms with Crippen LogP contribution in [0.2, 0.25) is 0 Å². The molecule has 2 N–H and O–H groups in total. The molecule has 1 rings (SSSR count). The number of benzene rings is 1. The number of carboxylic acid groups (broad SMARTS) is 1. The minimum Gasteiger partial charge on any atom is -0.478 e. The van der Waals surface area contributed by atoms with Gasteiger partial charge >= 0.3 is 5.97 Å². The van der Waals surface area contributed by atoms with E-state index in [0.29, 0.717) is 24.5 Å². The first-order valence-corrected chi connectivity index (χ1v) is 6.17. The number of aryl methyl sites for hydroxylation is 2. The summed E-state index contributed by atoms with van der Waals surface area (Å²) in [5.74, 6) is -1.18. The van der Waals surface area contributed by atoms with Crippen LogP contribution in [0.1, 0.15) is 34.8 Å². The van der Waals surface area contributed by atoms with Gasteiger partial charge in [0.25, 0.3) is 0 Å². The van der Waals surface area contributed by atoms with Gasteiger partial charge in [0.05, 0.1) is 18.6 Å². The van der Waals surface area contributed by atoms with Crippen molar-refractivity contribution < 1.29 is 19.4 Å². The second-order valence-corrected chi connectivity index (χ2v) is 4.28. The monoisotopic (exact) mass is 265 g/mol. The van der Waals surface area contributed by atoms with Crippen molar-refractivity contribution in [1.82, 2.24) is 0 Å². The summed E-state index contributed by atoms with van der Waals surface area (Å²) < 4.78 is 5.10. The van der Waals surface area contributed by atoms with E-state index in [2.05, 4.69) is 5.32 Å². The lowest BCUT2D eigenvalue weighted by Gasteiger charge is -2.11. The van der Waals surface area contributed by atoms with Crippen molar-refractivity contribution in [2.45, 2.75) is 27.2 Å². The lowest BCUT2D eigenvalue weighted by molar-refractivity contribution is -0.117. The van der Waals surface area contributed by atoms with Gasteiger partial charge in [-0.2, -0.15) is 0 Å². The van der Waals surface area contributed by atoms with Crippen LogP contribution in [0, 0.1) is 13.8 Å². The second kappa shape index (κ2) is 6.89. The van der Waals surface area contributed by atoms with Crippen LogP contribution in [0.15, 0.2) is 12.1 Å². The third-order valence-electron chi connectivity index (χ3n) is 2.75. The molecule has 0 aliphatic carbocycles. The molecule has 5 heteroatoms. The fourth-order valence-corrected chi connectivity index (χ4v) is 1.74. The number of carbonyl (C=O) groups is 2. The minimum atomic E-state index is -0.998. The molecule has 0 saturated heterocycles.